The summed E-state index contributed by atoms with van der Waals surface area (Å²) in [5.74, 6) is 1.08. The predicted molar refractivity (Wildman–Crippen MR) is 122 cm³/mol. The highest BCUT2D eigenvalue weighted by Gasteiger charge is 2.32. The zero-order chi connectivity index (χ0) is 22.2. The van der Waals surface area contributed by atoms with Crippen LogP contribution in [0.2, 0.25) is 0 Å². The van der Waals surface area contributed by atoms with Crippen LogP contribution in [0.25, 0.3) is 0 Å². The molecule has 0 saturated heterocycles. The Kier molecular flexibility index (Phi) is 9.21. The largest absolute Gasteiger partial charge is 0.354 e. The lowest BCUT2D eigenvalue weighted by molar-refractivity contribution is -0.130. The summed E-state index contributed by atoms with van der Waals surface area (Å²) in [6.45, 7) is 3.96. The van der Waals surface area contributed by atoms with Gasteiger partial charge >= 0.3 is 0 Å². The third-order valence-electron chi connectivity index (χ3n) is 7.48. The van der Waals surface area contributed by atoms with Crippen LogP contribution < -0.4 is 16.0 Å². The molecule has 0 aromatic carbocycles. The van der Waals surface area contributed by atoms with Crippen molar-refractivity contribution in [3.8, 4) is 0 Å². The minimum Gasteiger partial charge on any atom is -0.354 e. The Bertz CT molecular complexity index is 607. The van der Waals surface area contributed by atoms with E-state index < -0.39 is 0 Å². The first-order valence-electron chi connectivity index (χ1n) is 12.8. The highest BCUT2D eigenvalue weighted by Crippen LogP contribution is 2.29. The fourth-order valence-electron chi connectivity index (χ4n) is 5.72. The van der Waals surface area contributed by atoms with Gasteiger partial charge in [0.25, 0.3) is 0 Å². The van der Waals surface area contributed by atoms with E-state index in [0.717, 1.165) is 51.4 Å². The van der Waals surface area contributed by atoms with E-state index in [-0.39, 0.29) is 47.7 Å². The number of carbonyl (C=O) groups is 3. The van der Waals surface area contributed by atoms with Gasteiger partial charge in [0.05, 0.1) is 0 Å². The molecular formula is C25H43N3O3. The van der Waals surface area contributed by atoms with Crippen molar-refractivity contribution >= 4 is 17.7 Å². The van der Waals surface area contributed by atoms with Crippen molar-refractivity contribution in [1.82, 2.24) is 16.0 Å². The van der Waals surface area contributed by atoms with Crippen LogP contribution in [0.15, 0.2) is 0 Å². The highest BCUT2D eigenvalue weighted by molar-refractivity contribution is 5.81. The summed E-state index contributed by atoms with van der Waals surface area (Å²) < 4.78 is 0. The Labute approximate surface area is 188 Å². The second-order valence-electron chi connectivity index (χ2n) is 10.6. The first-order valence-corrected chi connectivity index (χ1v) is 12.8. The van der Waals surface area contributed by atoms with E-state index in [2.05, 4.69) is 16.0 Å². The van der Waals surface area contributed by atoms with Gasteiger partial charge < -0.3 is 16.0 Å². The van der Waals surface area contributed by atoms with Gasteiger partial charge in [-0.3, -0.25) is 14.4 Å². The van der Waals surface area contributed by atoms with E-state index in [1.807, 2.05) is 13.8 Å². The molecule has 6 heteroatoms. The number of rotatable bonds is 7. The van der Waals surface area contributed by atoms with Crippen LogP contribution >= 0.6 is 0 Å². The molecule has 3 N–H and O–H groups in total. The number of carbonyl (C=O) groups excluding carboxylic acids is 3. The van der Waals surface area contributed by atoms with Gasteiger partial charge in [-0.25, -0.2) is 0 Å². The van der Waals surface area contributed by atoms with Crippen LogP contribution in [0.4, 0.5) is 0 Å². The summed E-state index contributed by atoms with van der Waals surface area (Å²) in [7, 11) is 0. The maximum atomic E-state index is 12.8. The molecule has 2 unspecified atom stereocenters. The standard InChI is InChI=1S/C25H43N3O3/c1-17(2)26-25(31)20-9-6-10-22(16-20)28-24(30)19-11-13-21(14-12-19)27-23(29)15-18-7-4-3-5-8-18/h17-22H,3-16H2,1-2H3,(H,26,31)(H,27,29)(H,28,30). The van der Waals surface area contributed by atoms with Crippen molar-refractivity contribution in [2.24, 2.45) is 17.8 Å². The van der Waals surface area contributed by atoms with Crippen LogP contribution in [0.3, 0.4) is 0 Å². The molecule has 0 aromatic heterocycles. The summed E-state index contributed by atoms with van der Waals surface area (Å²) >= 11 is 0. The minimum absolute atomic E-state index is 0.0107. The zero-order valence-electron chi connectivity index (χ0n) is 19.6. The Hall–Kier alpha value is -1.59. The zero-order valence-corrected chi connectivity index (χ0v) is 19.6. The van der Waals surface area contributed by atoms with Crippen molar-refractivity contribution in [1.29, 1.82) is 0 Å². The molecule has 0 heterocycles. The fourth-order valence-corrected chi connectivity index (χ4v) is 5.72. The van der Waals surface area contributed by atoms with Crippen LogP contribution in [0, 0.1) is 17.8 Å². The smallest absolute Gasteiger partial charge is 0.223 e. The lowest BCUT2D eigenvalue weighted by Gasteiger charge is -2.33. The molecule has 0 spiro atoms. The maximum Gasteiger partial charge on any atom is 0.223 e. The lowest BCUT2D eigenvalue weighted by Crippen LogP contribution is -2.46. The monoisotopic (exact) mass is 433 g/mol. The summed E-state index contributed by atoms with van der Waals surface area (Å²) in [6.07, 6.45) is 14.0. The average molecular weight is 434 g/mol. The Balaban J connectivity index is 1.36. The van der Waals surface area contributed by atoms with Crippen LogP contribution in [0.1, 0.15) is 104 Å². The van der Waals surface area contributed by atoms with Gasteiger partial charge in [-0.15, -0.1) is 0 Å². The molecule has 0 radical (unpaired) electrons. The van der Waals surface area contributed by atoms with Crippen LogP contribution in [-0.4, -0.2) is 35.8 Å². The molecule has 3 amide bonds. The van der Waals surface area contributed by atoms with E-state index in [9.17, 15) is 14.4 Å². The molecule has 0 aliphatic heterocycles. The second kappa shape index (κ2) is 11.9. The molecule has 3 aliphatic rings. The lowest BCUT2D eigenvalue weighted by atomic mass is 9.82. The summed E-state index contributed by atoms with van der Waals surface area (Å²) in [4.78, 5) is 37.5. The van der Waals surface area contributed by atoms with Crippen molar-refractivity contribution in [2.45, 2.75) is 122 Å². The van der Waals surface area contributed by atoms with Gasteiger partial charge in [-0.05, 0) is 77.6 Å². The van der Waals surface area contributed by atoms with E-state index in [1.54, 1.807) is 0 Å². The highest BCUT2D eigenvalue weighted by atomic mass is 16.2. The molecule has 6 nitrogen and oxygen atoms in total. The number of amides is 3. The number of nitrogens with one attached hydrogen (secondary N) is 3. The van der Waals surface area contributed by atoms with Gasteiger partial charge in [0.2, 0.25) is 17.7 Å². The molecule has 3 rings (SSSR count). The topological polar surface area (TPSA) is 87.3 Å². The molecule has 3 fully saturated rings. The molecule has 0 aromatic rings. The normalized spacial score (nSPS) is 29.9. The molecule has 176 valence electrons. The number of hydrogen-bond donors (Lipinski definition) is 3. The molecule has 2 atom stereocenters. The van der Waals surface area contributed by atoms with Gasteiger partial charge in [0, 0.05) is 36.4 Å². The Morgan fingerprint density at radius 2 is 1.42 bits per heavy atom. The Morgan fingerprint density at radius 3 is 2.10 bits per heavy atom. The van der Waals surface area contributed by atoms with Crippen molar-refractivity contribution in [3.05, 3.63) is 0 Å². The van der Waals surface area contributed by atoms with E-state index in [1.165, 1.54) is 32.1 Å². The fraction of sp³-hybridized carbons (Fsp3) is 0.880. The van der Waals surface area contributed by atoms with E-state index in [0.29, 0.717) is 12.3 Å². The van der Waals surface area contributed by atoms with Crippen LogP contribution in [-0.2, 0) is 14.4 Å². The predicted octanol–water partition coefficient (Wildman–Crippen LogP) is 3.83. The summed E-state index contributed by atoms with van der Waals surface area (Å²) in [5.41, 5.74) is 0. The third-order valence-corrected chi connectivity index (χ3v) is 7.48. The van der Waals surface area contributed by atoms with Gasteiger partial charge in [-0.2, -0.15) is 0 Å². The molecule has 31 heavy (non-hydrogen) atoms. The third kappa shape index (κ3) is 7.80. The first kappa shape index (κ1) is 24.1. The van der Waals surface area contributed by atoms with Crippen LogP contribution in [0.5, 0.6) is 0 Å². The summed E-state index contributed by atoms with van der Waals surface area (Å²) in [6, 6.07) is 0.483. The van der Waals surface area contributed by atoms with Gasteiger partial charge in [0.1, 0.15) is 0 Å². The van der Waals surface area contributed by atoms with Crippen molar-refractivity contribution in [3.63, 3.8) is 0 Å². The van der Waals surface area contributed by atoms with Crippen molar-refractivity contribution < 1.29 is 14.4 Å². The maximum absolute atomic E-state index is 12.8. The minimum atomic E-state index is 0.0107. The molecular weight excluding hydrogens is 390 g/mol. The van der Waals surface area contributed by atoms with Gasteiger partial charge in [0.15, 0.2) is 0 Å². The van der Waals surface area contributed by atoms with E-state index >= 15 is 0 Å². The Morgan fingerprint density at radius 1 is 0.710 bits per heavy atom. The summed E-state index contributed by atoms with van der Waals surface area (Å²) in [5, 5.41) is 9.47. The van der Waals surface area contributed by atoms with Gasteiger partial charge in [-0.1, -0.05) is 25.7 Å². The van der Waals surface area contributed by atoms with E-state index in [4.69, 9.17) is 0 Å². The molecule has 3 aliphatic carbocycles. The molecule has 3 saturated carbocycles. The first-order chi connectivity index (χ1) is 14.9. The average Bonchev–Trinajstić information content (AvgIpc) is 2.74. The number of hydrogen-bond acceptors (Lipinski definition) is 3. The SMILES string of the molecule is CC(C)NC(=O)C1CCCC(NC(=O)C2CCC(NC(=O)CC3CCCCC3)CC2)C1. The quantitative estimate of drug-likeness (QED) is 0.570. The molecule has 0 bridgehead atoms. The van der Waals surface area contributed by atoms with Crippen molar-refractivity contribution in [2.75, 3.05) is 0 Å². The second-order valence-corrected chi connectivity index (χ2v) is 10.6.